The summed E-state index contributed by atoms with van der Waals surface area (Å²) in [5, 5.41) is 0.817. The number of hydrogen-bond donors (Lipinski definition) is 1. The zero-order valence-electron chi connectivity index (χ0n) is 7.71. The third-order valence-corrected chi connectivity index (χ3v) is 3.14. The van der Waals surface area contributed by atoms with Crippen LogP contribution in [0.25, 0.3) is 10.9 Å². The summed E-state index contributed by atoms with van der Waals surface area (Å²) in [5.74, 6) is -0.443. The van der Waals surface area contributed by atoms with E-state index in [1.54, 1.807) is 10.8 Å². The first kappa shape index (κ1) is 10.5. The van der Waals surface area contributed by atoms with E-state index in [0.29, 0.717) is 5.56 Å². The average molecular weight is 288 g/mol. The molecule has 0 aliphatic rings. The van der Waals surface area contributed by atoms with Gasteiger partial charge in [-0.25, -0.2) is 0 Å². The van der Waals surface area contributed by atoms with Crippen molar-refractivity contribution in [1.29, 1.82) is 0 Å². The van der Waals surface area contributed by atoms with E-state index in [1.165, 1.54) is 0 Å². The Kier molecular flexibility index (Phi) is 2.71. The molecule has 2 rings (SSSR count). The first-order chi connectivity index (χ1) is 7.15. The molecule has 15 heavy (non-hydrogen) atoms. The fourth-order valence-corrected chi connectivity index (χ4v) is 2.39. The first-order valence-electron chi connectivity index (χ1n) is 4.28. The minimum absolute atomic E-state index is 0.284. The normalized spacial score (nSPS) is 10.8. The summed E-state index contributed by atoms with van der Waals surface area (Å²) in [4.78, 5) is 11.2. The van der Waals surface area contributed by atoms with Gasteiger partial charge in [-0.3, -0.25) is 4.79 Å². The summed E-state index contributed by atoms with van der Waals surface area (Å²) in [6, 6.07) is 5.89. The van der Waals surface area contributed by atoms with Crippen LogP contribution in [0.5, 0.6) is 0 Å². The lowest BCUT2D eigenvalue weighted by molar-refractivity contribution is 0.100. The van der Waals surface area contributed by atoms with E-state index in [1.807, 2.05) is 18.2 Å². The van der Waals surface area contributed by atoms with Gasteiger partial charge in [0.15, 0.2) is 0 Å². The number of fused-ring (bicyclic) bond motifs is 1. The molecule has 0 bridgehead atoms. The lowest BCUT2D eigenvalue weighted by atomic mass is 10.2. The van der Waals surface area contributed by atoms with Crippen LogP contribution in [-0.4, -0.2) is 10.5 Å². The van der Waals surface area contributed by atoms with Crippen molar-refractivity contribution in [3.63, 3.8) is 0 Å². The Bertz CT molecular complexity index is 535. The number of benzene rings is 1. The number of nitrogens with two attached hydrogens (primary N) is 1. The van der Waals surface area contributed by atoms with Gasteiger partial charge in [0, 0.05) is 16.1 Å². The van der Waals surface area contributed by atoms with E-state index < -0.39 is 5.91 Å². The lowest BCUT2D eigenvalue weighted by Gasteiger charge is -2.00. The van der Waals surface area contributed by atoms with Crippen molar-refractivity contribution >= 4 is 44.3 Å². The van der Waals surface area contributed by atoms with Crippen LogP contribution in [0.3, 0.4) is 0 Å². The monoisotopic (exact) mass is 286 g/mol. The molecule has 0 aliphatic carbocycles. The Morgan fingerprint density at radius 3 is 2.87 bits per heavy atom. The van der Waals surface area contributed by atoms with Crippen LogP contribution < -0.4 is 5.73 Å². The van der Waals surface area contributed by atoms with Gasteiger partial charge in [-0.1, -0.05) is 12.1 Å². The van der Waals surface area contributed by atoms with Gasteiger partial charge in [-0.2, -0.15) is 0 Å². The fraction of sp³-hybridized carbons (Fsp3) is 0.100. The molecule has 2 N–H and O–H groups in total. The molecule has 0 atom stereocenters. The maximum Gasteiger partial charge on any atom is 0.250 e. The van der Waals surface area contributed by atoms with Gasteiger partial charge in [0.25, 0.3) is 5.91 Å². The summed E-state index contributed by atoms with van der Waals surface area (Å²) >= 11 is 9.21. The summed E-state index contributed by atoms with van der Waals surface area (Å²) in [7, 11) is 0. The van der Waals surface area contributed by atoms with E-state index in [-0.39, 0.29) is 6.00 Å². The number of hydrogen-bond acceptors (Lipinski definition) is 1. The Morgan fingerprint density at radius 1 is 1.53 bits per heavy atom. The van der Waals surface area contributed by atoms with Crippen LogP contribution in [0.15, 0.2) is 28.9 Å². The molecule has 3 nitrogen and oxygen atoms in total. The lowest BCUT2D eigenvalue weighted by Crippen LogP contribution is -2.10. The van der Waals surface area contributed by atoms with Crippen molar-refractivity contribution in [2.75, 3.05) is 0 Å². The Hall–Kier alpha value is -1.00. The third kappa shape index (κ3) is 1.64. The predicted molar refractivity (Wildman–Crippen MR) is 64.0 cm³/mol. The molecule has 1 amide bonds. The Balaban J connectivity index is 2.87. The number of alkyl halides is 1. The Labute approximate surface area is 99.9 Å². The number of rotatable bonds is 2. The molecular weight excluding hydrogens is 279 g/mol. The largest absolute Gasteiger partial charge is 0.366 e. The van der Waals surface area contributed by atoms with Gasteiger partial charge in [0.1, 0.15) is 0 Å². The second kappa shape index (κ2) is 3.87. The molecule has 5 heteroatoms. The molecule has 78 valence electrons. The van der Waals surface area contributed by atoms with Gasteiger partial charge < -0.3 is 10.3 Å². The van der Waals surface area contributed by atoms with Crippen LogP contribution in [-0.2, 0) is 6.00 Å². The predicted octanol–water partition coefficient (Wildman–Crippen LogP) is 2.70. The van der Waals surface area contributed by atoms with Crippen LogP contribution in [0.2, 0.25) is 0 Å². The zero-order valence-corrected chi connectivity index (χ0v) is 10.0. The molecule has 0 unspecified atom stereocenters. The number of amides is 1. The molecule has 0 aliphatic heterocycles. The second-order valence-electron chi connectivity index (χ2n) is 3.13. The fourth-order valence-electron chi connectivity index (χ4n) is 1.61. The van der Waals surface area contributed by atoms with Gasteiger partial charge in [0.05, 0.1) is 17.1 Å². The summed E-state index contributed by atoms with van der Waals surface area (Å²) < 4.78 is 2.68. The average Bonchev–Trinajstić information content (AvgIpc) is 2.58. The van der Waals surface area contributed by atoms with Crippen molar-refractivity contribution in [2.45, 2.75) is 6.00 Å². The van der Waals surface area contributed by atoms with Crippen molar-refractivity contribution in [1.82, 2.24) is 4.57 Å². The molecule has 2 aromatic rings. The van der Waals surface area contributed by atoms with Crippen molar-refractivity contribution < 1.29 is 4.79 Å². The van der Waals surface area contributed by atoms with E-state index in [4.69, 9.17) is 17.3 Å². The number of para-hydroxylation sites is 1. The van der Waals surface area contributed by atoms with Crippen molar-refractivity contribution in [3.05, 3.63) is 34.4 Å². The van der Waals surface area contributed by atoms with Crippen LogP contribution in [0.1, 0.15) is 10.4 Å². The number of carbonyl (C=O) groups is 1. The number of carbonyl (C=O) groups excluding carboxylic acids is 1. The molecule has 0 fully saturated rings. The summed E-state index contributed by atoms with van der Waals surface area (Å²) in [6.07, 6.45) is 1.67. The Morgan fingerprint density at radius 2 is 2.27 bits per heavy atom. The molecule has 0 saturated heterocycles. The zero-order chi connectivity index (χ0) is 11.0. The van der Waals surface area contributed by atoms with E-state index in [2.05, 4.69) is 15.9 Å². The van der Waals surface area contributed by atoms with Gasteiger partial charge >= 0.3 is 0 Å². The third-order valence-electron chi connectivity index (χ3n) is 2.24. The molecule has 1 heterocycles. The summed E-state index contributed by atoms with van der Waals surface area (Å²) in [6.45, 7) is 0. The minimum Gasteiger partial charge on any atom is -0.366 e. The number of halogens is 2. The molecule has 0 saturated carbocycles. The highest BCUT2D eigenvalue weighted by atomic mass is 79.9. The molecule has 1 aromatic carbocycles. The maximum absolute atomic E-state index is 11.2. The topological polar surface area (TPSA) is 48.0 Å². The van der Waals surface area contributed by atoms with Crippen molar-refractivity contribution in [3.8, 4) is 0 Å². The molecule has 1 aromatic heterocycles. The number of nitrogens with zero attached hydrogens (tertiary/aromatic N) is 1. The van der Waals surface area contributed by atoms with E-state index in [0.717, 1.165) is 15.4 Å². The van der Waals surface area contributed by atoms with Crippen molar-refractivity contribution in [2.24, 2.45) is 5.73 Å². The first-order valence-corrected chi connectivity index (χ1v) is 5.61. The van der Waals surface area contributed by atoms with Gasteiger partial charge in [-0.15, -0.1) is 11.6 Å². The molecule has 0 radical (unpaired) electrons. The number of primary amides is 1. The van der Waals surface area contributed by atoms with Gasteiger partial charge in [-0.05, 0) is 22.0 Å². The smallest absolute Gasteiger partial charge is 0.250 e. The SMILES string of the molecule is NC(=O)c1cn(CCl)c2c(Br)cccc12. The second-order valence-corrected chi connectivity index (χ2v) is 4.23. The standard InChI is InChI=1S/C10H8BrClN2O/c11-8-3-1-2-6-7(10(13)15)4-14(5-12)9(6)8/h1-4H,5H2,(H2,13,15). The van der Waals surface area contributed by atoms with Crippen LogP contribution >= 0.6 is 27.5 Å². The summed E-state index contributed by atoms with van der Waals surface area (Å²) in [5.41, 5.74) is 6.67. The highest BCUT2D eigenvalue weighted by Crippen LogP contribution is 2.28. The maximum atomic E-state index is 11.2. The quantitative estimate of drug-likeness (QED) is 0.848. The highest BCUT2D eigenvalue weighted by Gasteiger charge is 2.13. The van der Waals surface area contributed by atoms with Crippen LogP contribution in [0.4, 0.5) is 0 Å². The van der Waals surface area contributed by atoms with E-state index in [9.17, 15) is 4.79 Å². The van der Waals surface area contributed by atoms with E-state index >= 15 is 0 Å². The molecular formula is C10H8BrClN2O. The highest BCUT2D eigenvalue weighted by molar-refractivity contribution is 9.10. The number of aromatic nitrogens is 1. The van der Waals surface area contributed by atoms with Gasteiger partial charge in [0.2, 0.25) is 0 Å². The van der Waals surface area contributed by atoms with Crippen LogP contribution in [0, 0.1) is 0 Å². The molecule has 0 spiro atoms. The minimum atomic E-state index is -0.443.